The third-order valence-electron chi connectivity index (χ3n) is 2.03. The molecule has 0 radical (unpaired) electrons. The highest BCUT2D eigenvalue weighted by Crippen LogP contribution is 2.26. The molecule has 0 aliphatic carbocycles. The van der Waals surface area contributed by atoms with Gasteiger partial charge in [-0.25, -0.2) is 8.42 Å². The highest BCUT2D eigenvalue weighted by atomic mass is 35.7. The second-order valence-corrected chi connectivity index (χ2v) is 5.65. The van der Waals surface area contributed by atoms with Crippen molar-refractivity contribution in [1.82, 2.24) is 0 Å². The van der Waals surface area contributed by atoms with Crippen molar-refractivity contribution in [2.24, 2.45) is 0 Å². The molecule has 2 rings (SSSR count). The fourth-order valence-corrected chi connectivity index (χ4v) is 2.17. The van der Waals surface area contributed by atoms with E-state index in [1.54, 1.807) is 12.1 Å². The molecule has 1 aliphatic heterocycles. The molecule has 1 aromatic rings. The van der Waals surface area contributed by atoms with E-state index < -0.39 is 15.3 Å². The van der Waals surface area contributed by atoms with E-state index >= 15 is 0 Å². The lowest BCUT2D eigenvalue weighted by Gasteiger charge is -2.09. The molecule has 0 bridgehead atoms. The Balaban J connectivity index is 2.34. The van der Waals surface area contributed by atoms with Gasteiger partial charge >= 0.3 is 0 Å². The lowest BCUT2D eigenvalue weighted by atomic mass is 10.2. The number of rotatable bonds is 2. The van der Waals surface area contributed by atoms with E-state index in [0.29, 0.717) is 18.8 Å². The van der Waals surface area contributed by atoms with Gasteiger partial charge in [0.15, 0.2) is 6.29 Å². The molecular formula is C9H9ClO4S. The molecule has 0 atom stereocenters. The van der Waals surface area contributed by atoms with Crippen LogP contribution in [0.2, 0.25) is 0 Å². The first kappa shape index (κ1) is 10.9. The molecular weight excluding hydrogens is 240 g/mol. The Bertz CT molecular complexity index is 451. The van der Waals surface area contributed by atoms with Crippen LogP contribution in [0.5, 0.6) is 0 Å². The molecule has 1 aliphatic rings. The Hall–Kier alpha value is -0.620. The summed E-state index contributed by atoms with van der Waals surface area (Å²) >= 11 is 0. The lowest BCUT2D eigenvalue weighted by Crippen LogP contribution is -2.00. The second kappa shape index (κ2) is 4.09. The molecule has 4 nitrogen and oxygen atoms in total. The second-order valence-electron chi connectivity index (χ2n) is 3.08. The average molecular weight is 249 g/mol. The van der Waals surface area contributed by atoms with Crippen molar-refractivity contribution in [3.63, 3.8) is 0 Å². The van der Waals surface area contributed by atoms with Gasteiger partial charge in [0.05, 0.1) is 18.1 Å². The first-order chi connectivity index (χ1) is 7.07. The van der Waals surface area contributed by atoms with Crippen LogP contribution in [-0.2, 0) is 18.5 Å². The van der Waals surface area contributed by atoms with E-state index in [4.69, 9.17) is 20.2 Å². The van der Waals surface area contributed by atoms with Crippen LogP contribution < -0.4 is 0 Å². The molecule has 6 heteroatoms. The van der Waals surface area contributed by atoms with Crippen molar-refractivity contribution < 1.29 is 17.9 Å². The van der Waals surface area contributed by atoms with Gasteiger partial charge in [0.2, 0.25) is 0 Å². The molecule has 1 fully saturated rings. The van der Waals surface area contributed by atoms with Gasteiger partial charge in [0, 0.05) is 16.2 Å². The van der Waals surface area contributed by atoms with Gasteiger partial charge in [0.1, 0.15) is 0 Å². The Morgan fingerprint density at radius 1 is 1.27 bits per heavy atom. The van der Waals surface area contributed by atoms with Crippen molar-refractivity contribution in [3.8, 4) is 0 Å². The zero-order valence-corrected chi connectivity index (χ0v) is 9.29. The van der Waals surface area contributed by atoms with Gasteiger partial charge in [-0.1, -0.05) is 12.1 Å². The quantitative estimate of drug-likeness (QED) is 0.747. The minimum atomic E-state index is -3.69. The topological polar surface area (TPSA) is 52.6 Å². The van der Waals surface area contributed by atoms with Gasteiger partial charge in [-0.3, -0.25) is 0 Å². The summed E-state index contributed by atoms with van der Waals surface area (Å²) in [4.78, 5) is 0.0563. The van der Waals surface area contributed by atoms with Crippen LogP contribution in [0.1, 0.15) is 11.9 Å². The first-order valence-corrected chi connectivity index (χ1v) is 6.66. The number of ether oxygens (including phenoxy) is 2. The molecule has 0 aromatic heterocycles. The van der Waals surface area contributed by atoms with Gasteiger partial charge in [0.25, 0.3) is 9.05 Å². The SMILES string of the molecule is O=S(=O)(Cl)c1cccc(C2OCCO2)c1. The molecule has 1 heterocycles. The molecule has 0 spiro atoms. The van der Waals surface area contributed by atoms with Crippen LogP contribution >= 0.6 is 10.7 Å². The minimum absolute atomic E-state index is 0.0563. The van der Waals surface area contributed by atoms with E-state index in [1.807, 2.05) is 0 Å². The zero-order chi connectivity index (χ0) is 10.9. The maximum Gasteiger partial charge on any atom is 0.261 e. The summed E-state index contributed by atoms with van der Waals surface area (Å²) in [5, 5.41) is 0. The Kier molecular flexibility index (Phi) is 2.97. The summed E-state index contributed by atoms with van der Waals surface area (Å²) in [7, 11) is 1.53. The molecule has 0 N–H and O–H groups in total. The Morgan fingerprint density at radius 2 is 1.93 bits per heavy atom. The van der Waals surface area contributed by atoms with Crippen LogP contribution in [-0.4, -0.2) is 21.6 Å². The fraction of sp³-hybridized carbons (Fsp3) is 0.333. The maximum absolute atomic E-state index is 11.1. The monoisotopic (exact) mass is 248 g/mol. The summed E-state index contributed by atoms with van der Waals surface area (Å²) in [5.74, 6) is 0. The molecule has 1 aromatic carbocycles. The largest absolute Gasteiger partial charge is 0.346 e. The average Bonchev–Trinajstić information content (AvgIpc) is 2.69. The van der Waals surface area contributed by atoms with Gasteiger partial charge < -0.3 is 9.47 Å². The van der Waals surface area contributed by atoms with Crippen molar-refractivity contribution in [2.75, 3.05) is 13.2 Å². The van der Waals surface area contributed by atoms with Crippen LogP contribution in [0.25, 0.3) is 0 Å². The third kappa shape index (κ3) is 2.49. The summed E-state index contributed by atoms with van der Waals surface area (Å²) < 4.78 is 32.7. The van der Waals surface area contributed by atoms with Gasteiger partial charge in [-0.2, -0.15) is 0 Å². The normalized spacial score (nSPS) is 18.2. The van der Waals surface area contributed by atoms with E-state index in [-0.39, 0.29) is 4.90 Å². The van der Waals surface area contributed by atoms with E-state index in [2.05, 4.69) is 0 Å². The third-order valence-corrected chi connectivity index (χ3v) is 3.39. The molecule has 1 saturated heterocycles. The zero-order valence-electron chi connectivity index (χ0n) is 7.72. The predicted octanol–water partition coefficient (Wildman–Crippen LogP) is 1.66. The number of hydrogen-bond acceptors (Lipinski definition) is 4. The molecule has 15 heavy (non-hydrogen) atoms. The van der Waals surface area contributed by atoms with Crippen molar-refractivity contribution in [2.45, 2.75) is 11.2 Å². The van der Waals surface area contributed by atoms with Gasteiger partial charge in [-0.05, 0) is 12.1 Å². The van der Waals surface area contributed by atoms with Gasteiger partial charge in [-0.15, -0.1) is 0 Å². The fourth-order valence-electron chi connectivity index (χ4n) is 1.36. The van der Waals surface area contributed by atoms with Crippen molar-refractivity contribution in [1.29, 1.82) is 0 Å². The molecule has 0 unspecified atom stereocenters. The van der Waals surface area contributed by atoms with Crippen molar-refractivity contribution >= 4 is 19.7 Å². The van der Waals surface area contributed by atoms with E-state index in [1.165, 1.54) is 12.1 Å². The predicted molar refractivity (Wildman–Crippen MR) is 54.1 cm³/mol. The summed E-state index contributed by atoms with van der Waals surface area (Å²) in [5.41, 5.74) is 0.661. The highest BCUT2D eigenvalue weighted by Gasteiger charge is 2.20. The smallest absolute Gasteiger partial charge is 0.261 e. The molecule has 0 saturated carbocycles. The number of halogens is 1. The standard InChI is InChI=1S/C9H9ClO4S/c10-15(11,12)8-3-1-2-7(6-8)9-13-4-5-14-9/h1-3,6,9H,4-5H2. The first-order valence-electron chi connectivity index (χ1n) is 4.35. The lowest BCUT2D eigenvalue weighted by molar-refractivity contribution is -0.0442. The Morgan fingerprint density at radius 3 is 2.53 bits per heavy atom. The highest BCUT2D eigenvalue weighted by molar-refractivity contribution is 8.13. The van der Waals surface area contributed by atoms with Crippen LogP contribution in [0.15, 0.2) is 29.2 Å². The summed E-state index contributed by atoms with van der Waals surface area (Å²) in [6.07, 6.45) is -0.483. The Labute approximate surface area is 92.2 Å². The van der Waals surface area contributed by atoms with Crippen molar-refractivity contribution in [3.05, 3.63) is 29.8 Å². The maximum atomic E-state index is 11.1. The molecule has 0 amide bonds. The minimum Gasteiger partial charge on any atom is -0.346 e. The van der Waals surface area contributed by atoms with E-state index in [0.717, 1.165) is 0 Å². The molecule has 82 valence electrons. The van der Waals surface area contributed by atoms with E-state index in [9.17, 15) is 8.42 Å². The van der Waals surface area contributed by atoms with Crippen LogP contribution in [0.4, 0.5) is 0 Å². The van der Waals surface area contributed by atoms with Crippen LogP contribution in [0.3, 0.4) is 0 Å². The summed E-state index contributed by atoms with van der Waals surface area (Å²) in [6.45, 7) is 1.03. The number of hydrogen-bond donors (Lipinski definition) is 0. The number of benzene rings is 1. The van der Waals surface area contributed by atoms with Crippen LogP contribution in [0, 0.1) is 0 Å². The summed E-state index contributed by atoms with van der Waals surface area (Å²) in [6, 6.07) is 6.23.